The number of aliphatic hydroxyl groups excluding tert-OH is 3. The topological polar surface area (TPSA) is 69.9 Å². The number of methoxy groups -OCH3 is 1. The lowest BCUT2D eigenvalue weighted by molar-refractivity contribution is 0.00429. The molecule has 0 saturated heterocycles. The first-order valence-electron chi connectivity index (χ1n) is 6.20. The Morgan fingerprint density at radius 2 is 1.74 bits per heavy atom. The van der Waals surface area contributed by atoms with Crippen molar-refractivity contribution in [2.45, 2.75) is 18.6 Å². The van der Waals surface area contributed by atoms with E-state index in [0.717, 1.165) is 16.5 Å². The Bertz CT molecular complexity index is 553. The maximum atomic E-state index is 9.99. The highest BCUT2D eigenvalue weighted by Crippen LogP contribution is 2.26. The van der Waals surface area contributed by atoms with Crippen molar-refractivity contribution in [2.24, 2.45) is 0 Å². The smallest absolute Gasteiger partial charge is 0.119 e. The van der Waals surface area contributed by atoms with E-state index in [0.29, 0.717) is 5.56 Å². The molecule has 0 amide bonds. The van der Waals surface area contributed by atoms with Crippen LogP contribution in [0.2, 0.25) is 0 Å². The Labute approximate surface area is 111 Å². The second kappa shape index (κ2) is 6.02. The molecule has 2 unspecified atom stereocenters. The molecule has 0 aliphatic carbocycles. The largest absolute Gasteiger partial charge is 0.497 e. The first-order valence-corrected chi connectivity index (χ1v) is 6.20. The molecule has 2 rings (SSSR count). The predicted molar refractivity (Wildman–Crippen MR) is 73.2 cm³/mol. The zero-order chi connectivity index (χ0) is 13.8. The van der Waals surface area contributed by atoms with Gasteiger partial charge in [-0.3, -0.25) is 0 Å². The third-order valence-electron chi connectivity index (χ3n) is 3.20. The van der Waals surface area contributed by atoms with Crippen LogP contribution >= 0.6 is 0 Å². The Morgan fingerprint density at radius 3 is 2.42 bits per heavy atom. The molecule has 0 aliphatic rings. The molecular weight excluding hydrogens is 244 g/mol. The minimum atomic E-state index is -0.987. The van der Waals surface area contributed by atoms with Crippen LogP contribution in [0.1, 0.15) is 18.1 Å². The number of benzene rings is 2. The van der Waals surface area contributed by atoms with Crippen molar-refractivity contribution < 1.29 is 20.1 Å². The first kappa shape index (κ1) is 13.8. The van der Waals surface area contributed by atoms with Gasteiger partial charge < -0.3 is 20.1 Å². The van der Waals surface area contributed by atoms with Gasteiger partial charge in [0.1, 0.15) is 11.9 Å². The molecule has 102 valence electrons. The molecule has 4 nitrogen and oxygen atoms in total. The highest BCUT2D eigenvalue weighted by molar-refractivity contribution is 5.84. The molecule has 2 aromatic carbocycles. The number of fused-ring (bicyclic) bond motifs is 1. The summed E-state index contributed by atoms with van der Waals surface area (Å²) in [6.07, 6.45) is -1.79. The Hall–Kier alpha value is -1.62. The van der Waals surface area contributed by atoms with Crippen molar-refractivity contribution in [3.8, 4) is 5.75 Å². The molecule has 0 spiro atoms. The second-order valence-electron chi connectivity index (χ2n) is 4.50. The molecule has 0 saturated carbocycles. The minimum Gasteiger partial charge on any atom is -0.497 e. The van der Waals surface area contributed by atoms with E-state index < -0.39 is 12.2 Å². The van der Waals surface area contributed by atoms with Gasteiger partial charge >= 0.3 is 0 Å². The van der Waals surface area contributed by atoms with E-state index in [1.807, 2.05) is 30.3 Å². The van der Waals surface area contributed by atoms with Gasteiger partial charge in [0, 0.05) is 6.61 Å². The lowest BCUT2D eigenvalue weighted by Crippen LogP contribution is -2.19. The van der Waals surface area contributed by atoms with Gasteiger partial charge in [-0.25, -0.2) is 0 Å². The monoisotopic (exact) mass is 262 g/mol. The van der Waals surface area contributed by atoms with Crippen molar-refractivity contribution in [1.29, 1.82) is 0 Å². The van der Waals surface area contributed by atoms with Gasteiger partial charge in [0.25, 0.3) is 0 Å². The number of ether oxygens (including phenoxy) is 1. The number of rotatable bonds is 5. The SMILES string of the molecule is COc1ccc2cc(C(O)C(O)CCO)ccc2c1. The fourth-order valence-corrected chi connectivity index (χ4v) is 2.07. The average Bonchev–Trinajstić information content (AvgIpc) is 2.45. The van der Waals surface area contributed by atoms with Crippen molar-refractivity contribution >= 4 is 10.8 Å². The zero-order valence-corrected chi connectivity index (χ0v) is 10.8. The molecule has 19 heavy (non-hydrogen) atoms. The standard InChI is InChI=1S/C15H18O4/c1-19-13-5-4-10-8-12(3-2-11(10)9-13)15(18)14(17)6-7-16/h2-5,8-9,14-18H,6-7H2,1H3. The van der Waals surface area contributed by atoms with Gasteiger partial charge in [-0.15, -0.1) is 0 Å². The summed E-state index contributed by atoms with van der Waals surface area (Å²) in [4.78, 5) is 0. The molecule has 2 atom stereocenters. The quantitative estimate of drug-likeness (QED) is 0.766. The average molecular weight is 262 g/mol. The fraction of sp³-hybridized carbons (Fsp3) is 0.333. The zero-order valence-electron chi connectivity index (χ0n) is 10.8. The molecule has 4 heteroatoms. The van der Waals surface area contributed by atoms with Gasteiger partial charge in [0.15, 0.2) is 0 Å². The van der Waals surface area contributed by atoms with Crippen LogP contribution in [0.4, 0.5) is 0 Å². The van der Waals surface area contributed by atoms with Gasteiger partial charge in [0.05, 0.1) is 13.2 Å². The van der Waals surface area contributed by atoms with E-state index in [2.05, 4.69) is 0 Å². The molecule has 0 bridgehead atoms. The third kappa shape index (κ3) is 3.04. The fourth-order valence-electron chi connectivity index (χ4n) is 2.07. The van der Waals surface area contributed by atoms with Crippen LogP contribution in [-0.2, 0) is 0 Å². The lowest BCUT2D eigenvalue weighted by Gasteiger charge is -2.17. The van der Waals surface area contributed by atoms with Gasteiger partial charge in [-0.2, -0.15) is 0 Å². The maximum Gasteiger partial charge on any atom is 0.119 e. The number of hydrogen-bond acceptors (Lipinski definition) is 4. The Balaban J connectivity index is 2.31. The lowest BCUT2D eigenvalue weighted by atomic mass is 9.99. The second-order valence-corrected chi connectivity index (χ2v) is 4.50. The van der Waals surface area contributed by atoms with Crippen LogP contribution in [-0.4, -0.2) is 35.1 Å². The highest BCUT2D eigenvalue weighted by Gasteiger charge is 2.17. The summed E-state index contributed by atoms with van der Waals surface area (Å²) >= 11 is 0. The van der Waals surface area contributed by atoms with Crippen molar-refractivity contribution in [3.05, 3.63) is 42.0 Å². The van der Waals surface area contributed by atoms with Gasteiger partial charge in [-0.1, -0.05) is 18.2 Å². The Morgan fingerprint density at radius 1 is 1.05 bits per heavy atom. The van der Waals surface area contributed by atoms with Crippen LogP contribution in [0.3, 0.4) is 0 Å². The van der Waals surface area contributed by atoms with Crippen LogP contribution in [0, 0.1) is 0 Å². The van der Waals surface area contributed by atoms with E-state index >= 15 is 0 Å². The minimum absolute atomic E-state index is 0.150. The Kier molecular flexibility index (Phi) is 4.37. The van der Waals surface area contributed by atoms with Crippen LogP contribution in [0.15, 0.2) is 36.4 Å². The van der Waals surface area contributed by atoms with Crippen LogP contribution in [0.5, 0.6) is 5.75 Å². The molecule has 0 heterocycles. The summed E-state index contributed by atoms with van der Waals surface area (Å²) in [5.74, 6) is 0.779. The summed E-state index contributed by atoms with van der Waals surface area (Å²) < 4.78 is 5.15. The number of hydrogen-bond donors (Lipinski definition) is 3. The van der Waals surface area contributed by atoms with E-state index in [1.54, 1.807) is 13.2 Å². The van der Waals surface area contributed by atoms with Gasteiger partial charge in [0.2, 0.25) is 0 Å². The number of aliphatic hydroxyl groups is 3. The van der Waals surface area contributed by atoms with E-state index in [4.69, 9.17) is 9.84 Å². The molecular formula is C15H18O4. The third-order valence-corrected chi connectivity index (χ3v) is 3.20. The van der Waals surface area contributed by atoms with Crippen molar-refractivity contribution in [3.63, 3.8) is 0 Å². The van der Waals surface area contributed by atoms with E-state index in [-0.39, 0.29) is 13.0 Å². The normalized spacial score (nSPS) is 14.3. The van der Waals surface area contributed by atoms with Crippen LogP contribution < -0.4 is 4.74 Å². The molecule has 0 aromatic heterocycles. The van der Waals surface area contributed by atoms with Crippen molar-refractivity contribution in [2.75, 3.05) is 13.7 Å². The van der Waals surface area contributed by atoms with E-state index in [1.165, 1.54) is 0 Å². The molecule has 3 N–H and O–H groups in total. The van der Waals surface area contributed by atoms with Crippen LogP contribution in [0.25, 0.3) is 10.8 Å². The first-order chi connectivity index (χ1) is 9.15. The molecule has 2 aromatic rings. The van der Waals surface area contributed by atoms with Gasteiger partial charge in [-0.05, 0) is 41.0 Å². The summed E-state index contributed by atoms with van der Waals surface area (Å²) in [7, 11) is 1.62. The molecule has 0 fully saturated rings. The summed E-state index contributed by atoms with van der Waals surface area (Å²) in [5, 5.41) is 30.4. The molecule has 0 radical (unpaired) electrons. The summed E-state index contributed by atoms with van der Waals surface area (Å²) in [6, 6.07) is 11.1. The van der Waals surface area contributed by atoms with Crippen molar-refractivity contribution in [1.82, 2.24) is 0 Å². The van der Waals surface area contributed by atoms with E-state index in [9.17, 15) is 10.2 Å². The predicted octanol–water partition coefficient (Wildman–Crippen LogP) is 1.63. The summed E-state index contributed by atoms with van der Waals surface area (Å²) in [5.41, 5.74) is 0.638. The molecule has 0 aliphatic heterocycles. The summed E-state index contributed by atoms with van der Waals surface area (Å²) in [6.45, 7) is -0.150. The maximum absolute atomic E-state index is 9.99. The highest BCUT2D eigenvalue weighted by atomic mass is 16.5.